The van der Waals surface area contributed by atoms with Crippen molar-refractivity contribution in [1.29, 1.82) is 0 Å². The average Bonchev–Trinajstić information content (AvgIpc) is 2.32. The summed E-state index contributed by atoms with van der Waals surface area (Å²) in [5, 5.41) is 8.78. The molecule has 17 heavy (non-hydrogen) atoms. The first kappa shape index (κ1) is 11.5. The molecule has 0 spiro atoms. The highest BCUT2D eigenvalue weighted by Crippen LogP contribution is 2.18. The van der Waals surface area contributed by atoms with Crippen LogP contribution in [0, 0.1) is 0 Å². The van der Waals surface area contributed by atoms with Gasteiger partial charge in [0.1, 0.15) is 5.75 Å². The molecule has 0 aliphatic carbocycles. The molecule has 2 aromatic heterocycles. The van der Waals surface area contributed by atoms with Gasteiger partial charge in [-0.2, -0.15) is 0 Å². The molecule has 0 aliphatic rings. The lowest BCUT2D eigenvalue weighted by molar-refractivity contribution is 0.0696. The number of aromatic nitrogens is 3. The van der Waals surface area contributed by atoms with Crippen LogP contribution in [0.1, 0.15) is 10.4 Å². The molecule has 0 atom stereocenters. The molecular formula is C10H6BrN3O3. The maximum atomic E-state index is 10.7. The fourth-order valence-corrected chi connectivity index (χ4v) is 1.25. The molecule has 0 amide bonds. The molecule has 0 fully saturated rings. The zero-order valence-corrected chi connectivity index (χ0v) is 9.96. The second kappa shape index (κ2) is 4.88. The minimum atomic E-state index is -1.07. The summed E-state index contributed by atoms with van der Waals surface area (Å²) in [4.78, 5) is 22.3. The number of carboxylic acid groups (broad SMARTS) is 1. The van der Waals surface area contributed by atoms with Gasteiger partial charge in [0.05, 0.1) is 16.2 Å². The van der Waals surface area contributed by atoms with Gasteiger partial charge in [-0.1, -0.05) is 0 Å². The zero-order valence-electron chi connectivity index (χ0n) is 8.37. The van der Waals surface area contributed by atoms with Gasteiger partial charge in [-0.3, -0.25) is 4.98 Å². The fraction of sp³-hybridized carbons (Fsp3) is 0. The summed E-state index contributed by atoms with van der Waals surface area (Å²) in [6, 6.07) is 1.47. The number of halogens is 1. The number of carbonyl (C=O) groups is 1. The first-order valence-electron chi connectivity index (χ1n) is 4.49. The largest absolute Gasteiger partial charge is 0.478 e. The number of pyridine rings is 1. The number of ether oxygens (including phenoxy) is 1. The Morgan fingerprint density at radius 1 is 1.24 bits per heavy atom. The van der Waals surface area contributed by atoms with Gasteiger partial charge in [-0.05, 0) is 22.0 Å². The van der Waals surface area contributed by atoms with Crippen molar-refractivity contribution in [3.63, 3.8) is 0 Å². The Hall–Kier alpha value is -2.02. The maximum absolute atomic E-state index is 10.7. The Morgan fingerprint density at radius 2 is 1.94 bits per heavy atom. The molecule has 2 aromatic rings. The summed E-state index contributed by atoms with van der Waals surface area (Å²) in [6.45, 7) is 0. The minimum absolute atomic E-state index is 0.0413. The summed E-state index contributed by atoms with van der Waals surface area (Å²) in [6.07, 6.45) is 5.67. The van der Waals surface area contributed by atoms with Crippen molar-refractivity contribution in [3.05, 3.63) is 40.9 Å². The predicted octanol–water partition coefficient (Wildman–Crippen LogP) is 2.12. The van der Waals surface area contributed by atoms with Crippen LogP contribution >= 0.6 is 15.9 Å². The van der Waals surface area contributed by atoms with Crippen LogP contribution in [-0.4, -0.2) is 26.0 Å². The highest BCUT2D eigenvalue weighted by atomic mass is 79.9. The van der Waals surface area contributed by atoms with Gasteiger partial charge in [0.25, 0.3) is 0 Å². The molecule has 2 rings (SSSR count). The van der Waals surface area contributed by atoms with Gasteiger partial charge in [-0.25, -0.2) is 14.8 Å². The van der Waals surface area contributed by atoms with E-state index in [-0.39, 0.29) is 17.3 Å². The number of aromatic carboxylic acids is 1. The third-order valence-corrected chi connectivity index (χ3v) is 2.18. The van der Waals surface area contributed by atoms with Gasteiger partial charge in [0, 0.05) is 18.6 Å². The third-order valence-electron chi connectivity index (χ3n) is 1.77. The van der Waals surface area contributed by atoms with Gasteiger partial charge in [0.15, 0.2) is 0 Å². The molecule has 0 saturated heterocycles. The normalized spacial score (nSPS) is 9.94. The second-order valence-corrected chi connectivity index (χ2v) is 3.92. The number of rotatable bonds is 3. The van der Waals surface area contributed by atoms with Crippen molar-refractivity contribution < 1.29 is 14.6 Å². The average molecular weight is 296 g/mol. The van der Waals surface area contributed by atoms with Crippen molar-refractivity contribution in [1.82, 2.24) is 15.0 Å². The molecule has 2 heterocycles. The molecule has 0 aliphatic heterocycles. The standard InChI is InChI=1S/C10H6BrN3O3/c11-7-3-13-10(14-4-7)17-8-1-6(9(15)16)2-12-5-8/h1-5H,(H,15,16). The van der Waals surface area contributed by atoms with Crippen LogP contribution in [0.2, 0.25) is 0 Å². The third kappa shape index (κ3) is 2.97. The fourth-order valence-electron chi connectivity index (χ4n) is 1.05. The van der Waals surface area contributed by atoms with Crippen LogP contribution < -0.4 is 4.74 Å². The Balaban J connectivity index is 2.21. The molecule has 0 bridgehead atoms. The summed E-state index contributed by atoms with van der Waals surface area (Å²) in [7, 11) is 0. The molecule has 86 valence electrons. The Bertz CT molecular complexity index is 545. The number of hydrogen-bond donors (Lipinski definition) is 1. The Labute approximate surface area is 104 Å². The zero-order chi connectivity index (χ0) is 12.3. The molecule has 0 radical (unpaired) electrons. The topological polar surface area (TPSA) is 85.2 Å². The van der Waals surface area contributed by atoms with Crippen LogP contribution in [0.5, 0.6) is 11.8 Å². The van der Waals surface area contributed by atoms with Gasteiger partial charge in [0.2, 0.25) is 0 Å². The smallest absolute Gasteiger partial charge is 0.337 e. The summed E-state index contributed by atoms with van der Waals surface area (Å²) in [5.41, 5.74) is 0.0413. The van der Waals surface area contributed by atoms with Gasteiger partial charge < -0.3 is 9.84 Å². The van der Waals surface area contributed by atoms with E-state index in [1.54, 1.807) is 0 Å². The highest BCUT2D eigenvalue weighted by Gasteiger charge is 2.06. The van der Waals surface area contributed by atoms with E-state index in [2.05, 4.69) is 30.9 Å². The monoisotopic (exact) mass is 295 g/mol. The first-order chi connectivity index (χ1) is 8.15. The van der Waals surface area contributed by atoms with Gasteiger partial charge >= 0.3 is 12.0 Å². The van der Waals surface area contributed by atoms with Gasteiger partial charge in [-0.15, -0.1) is 0 Å². The minimum Gasteiger partial charge on any atom is -0.478 e. The quantitative estimate of drug-likeness (QED) is 0.933. The van der Waals surface area contributed by atoms with Crippen molar-refractivity contribution in [2.24, 2.45) is 0 Å². The molecule has 0 aromatic carbocycles. The van der Waals surface area contributed by atoms with Crippen LogP contribution in [0.3, 0.4) is 0 Å². The van der Waals surface area contributed by atoms with Crippen LogP contribution in [-0.2, 0) is 0 Å². The summed E-state index contributed by atoms with van der Waals surface area (Å²) in [5.74, 6) is -0.799. The first-order valence-corrected chi connectivity index (χ1v) is 5.28. The van der Waals surface area contributed by atoms with Crippen molar-refractivity contribution in [3.8, 4) is 11.8 Å². The molecule has 1 N–H and O–H groups in total. The molecular weight excluding hydrogens is 290 g/mol. The molecule has 0 unspecified atom stereocenters. The predicted molar refractivity (Wildman–Crippen MR) is 61.0 cm³/mol. The van der Waals surface area contributed by atoms with E-state index < -0.39 is 5.97 Å². The summed E-state index contributed by atoms with van der Waals surface area (Å²) < 4.78 is 5.98. The number of nitrogens with zero attached hydrogens (tertiary/aromatic N) is 3. The van der Waals surface area contributed by atoms with E-state index >= 15 is 0 Å². The van der Waals surface area contributed by atoms with E-state index in [1.807, 2.05) is 0 Å². The Morgan fingerprint density at radius 3 is 2.59 bits per heavy atom. The van der Waals surface area contributed by atoms with Crippen molar-refractivity contribution in [2.75, 3.05) is 0 Å². The van der Waals surface area contributed by atoms with E-state index in [4.69, 9.17) is 9.84 Å². The number of carboxylic acids is 1. The van der Waals surface area contributed by atoms with Crippen LogP contribution in [0.4, 0.5) is 0 Å². The van der Waals surface area contributed by atoms with Crippen molar-refractivity contribution in [2.45, 2.75) is 0 Å². The highest BCUT2D eigenvalue weighted by molar-refractivity contribution is 9.10. The van der Waals surface area contributed by atoms with E-state index in [0.29, 0.717) is 0 Å². The van der Waals surface area contributed by atoms with Crippen LogP contribution in [0.15, 0.2) is 35.3 Å². The van der Waals surface area contributed by atoms with E-state index in [1.165, 1.54) is 30.9 Å². The molecule has 0 saturated carbocycles. The van der Waals surface area contributed by atoms with E-state index in [9.17, 15) is 4.79 Å². The van der Waals surface area contributed by atoms with Crippen molar-refractivity contribution >= 4 is 21.9 Å². The lowest BCUT2D eigenvalue weighted by atomic mass is 10.3. The SMILES string of the molecule is O=C(O)c1cncc(Oc2ncc(Br)cn2)c1. The lowest BCUT2D eigenvalue weighted by Gasteiger charge is -2.03. The molecule has 6 nitrogen and oxygen atoms in total. The lowest BCUT2D eigenvalue weighted by Crippen LogP contribution is -1.98. The van der Waals surface area contributed by atoms with Crippen LogP contribution in [0.25, 0.3) is 0 Å². The maximum Gasteiger partial charge on any atom is 0.337 e. The second-order valence-electron chi connectivity index (χ2n) is 3.00. The Kier molecular flexibility index (Phi) is 3.29. The number of hydrogen-bond acceptors (Lipinski definition) is 5. The molecule has 7 heteroatoms. The van der Waals surface area contributed by atoms with E-state index in [0.717, 1.165) is 4.47 Å². The summed E-state index contributed by atoms with van der Waals surface area (Å²) >= 11 is 3.19.